The van der Waals surface area contributed by atoms with Gasteiger partial charge in [-0.25, -0.2) is 4.79 Å². The standard InChI is InChI=1S/C11H7IO4/c12-6-3-1-2-5-4-7(13)9(11(15)16)10(14)8(5)6/h1-4,13-14H,(H,15,16). The molecule has 4 nitrogen and oxygen atoms in total. The fourth-order valence-corrected chi connectivity index (χ4v) is 2.36. The molecule has 2 aromatic rings. The maximum atomic E-state index is 10.9. The highest BCUT2D eigenvalue weighted by Crippen LogP contribution is 2.37. The molecule has 0 aliphatic heterocycles. The van der Waals surface area contributed by atoms with Crippen molar-refractivity contribution in [2.75, 3.05) is 0 Å². The molecule has 16 heavy (non-hydrogen) atoms. The maximum absolute atomic E-state index is 10.9. The number of rotatable bonds is 1. The number of benzene rings is 2. The number of carboxylic acids is 1. The van der Waals surface area contributed by atoms with Gasteiger partial charge in [-0.15, -0.1) is 0 Å². The molecule has 0 aliphatic rings. The molecule has 3 N–H and O–H groups in total. The van der Waals surface area contributed by atoms with Crippen LogP contribution in [-0.2, 0) is 0 Å². The summed E-state index contributed by atoms with van der Waals surface area (Å²) >= 11 is 2.00. The first-order valence-corrected chi connectivity index (χ1v) is 5.46. The third kappa shape index (κ3) is 1.57. The van der Waals surface area contributed by atoms with Crippen LogP contribution in [0.3, 0.4) is 0 Å². The van der Waals surface area contributed by atoms with Gasteiger partial charge < -0.3 is 15.3 Å². The van der Waals surface area contributed by atoms with Gasteiger partial charge in [0.25, 0.3) is 0 Å². The molecule has 0 saturated heterocycles. The molecule has 2 rings (SSSR count). The highest BCUT2D eigenvalue weighted by atomic mass is 127. The van der Waals surface area contributed by atoms with E-state index in [0.29, 0.717) is 10.8 Å². The molecule has 0 unspecified atom stereocenters. The normalized spacial score (nSPS) is 10.6. The molecule has 0 aromatic heterocycles. The van der Waals surface area contributed by atoms with E-state index in [-0.39, 0.29) is 0 Å². The molecule has 0 saturated carbocycles. The third-order valence-electron chi connectivity index (χ3n) is 2.28. The van der Waals surface area contributed by atoms with Gasteiger partial charge in [-0.2, -0.15) is 0 Å². The molecule has 0 amide bonds. The summed E-state index contributed by atoms with van der Waals surface area (Å²) in [5, 5.41) is 29.3. The molecule has 0 heterocycles. The summed E-state index contributed by atoms with van der Waals surface area (Å²) in [5.41, 5.74) is -0.461. The van der Waals surface area contributed by atoms with Crippen molar-refractivity contribution in [2.24, 2.45) is 0 Å². The molecule has 82 valence electrons. The number of hydrogen-bond donors (Lipinski definition) is 3. The molecule has 0 atom stereocenters. The van der Waals surface area contributed by atoms with Crippen molar-refractivity contribution in [3.63, 3.8) is 0 Å². The van der Waals surface area contributed by atoms with E-state index in [4.69, 9.17) is 5.11 Å². The quantitative estimate of drug-likeness (QED) is 0.703. The SMILES string of the molecule is O=C(O)c1c(O)cc2cccc(I)c2c1O. The largest absolute Gasteiger partial charge is 0.507 e. The second kappa shape index (κ2) is 3.82. The summed E-state index contributed by atoms with van der Waals surface area (Å²) in [6.45, 7) is 0. The van der Waals surface area contributed by atoms with Crippen LogP contribution in [0.5, 0.6) is 11.5 Å². The summed E-state index contributed by atoms with van der Waals surface area (Å²) < 4.78 is 0.732. The Morgan fingerprint density at radius 2 is 1.94 bits per heavy atom. The van der Waals surface area contributed by atoms with Gasteiger partial charge in [-0.05, 0) is 40.1 Å². The Hall–Kier alpha value is -1.50. The van der Waals surface area contributed by atoms with Gasteiger partial charge in [-0.1, -0.05) is 12.1 Å². The van der Waals surface area contributed by atoms with Crippen LogP contribution in [0, 0.1) is 3.57 Å². The van der Waals surface area contributed by atoms with Crippen molar-refractivity contribution in [1.29, 1.82) is 0 Å². The Bertz CT molecular complexity index is 592. The van der Waals surface area contributed by atoms with Crippen LogP contribution in [0.2, 0.25) is 0 Å². The zero-order valence-corrected chi connectivity index (χ0v) is 10.1. The molecule has 0 aliphatic carbocycles. The van der Waals surface area contributed by atoms with E-state index >= 15 is 0 Å². The number of carboxylic acid groups (broad SMARTS) is 1. The monoisotopic (exact) mass is 330 g/mol. The number of phenols is 2. The minimum absolute atomic E-state index is 0.396. The minimum Gasteiger partial charge on any atom is -0.507 e. The van der Waals surface area contributed by atoms with E-state index in [2.05, 4.69) is 0 Å². The van der Waals surface area contributed by atoms with Crippen molar-refractivity contribution in [3.8, 4) is 11.5 Å². The number of carbonyl (C=O) groups is 1. The van der Waals surface area contributed by atoms with Crippen molar-refractivity contribution in [2.45, 2.75) is 0 Å². The van der Waals surface area contributed by atoms with Gasteiger partial charge >= 0.3 is 5.97 Å². The van der Waals surface area contributed by atoms with Gasteiger partial charge in [0.1, 0.15) is 17.1 Å². The fourth-order valence-electron chi connectivity index (χ4n) is 1.59. The maximum Gasteiger partial charge on any atom is 0.343 e. The lowest BCUT2D eigenvalue weighted by molar-refractivity contribution is 0.0691. The van der Waals surface area contributed by atoms with Crippen molar-refractivity contribution >= 4 is 39.3 Å². The third-order valence-corrected chi connectivity index (χ3v) is 3.18. The first-order valence-electron chi connectivity index (χ1n) is 4.39. The topological polar surface area (TPSA) is 77.8 Å². The Kier molecular flexibility index (Phi) is 2.63. The van der Waals surface area contributed by atoms with Crippen molar-refractivity contribution in [1.82, 2.24) is 0 Å². The number of hydrogen-bond acceptors (Lipinski definition) is 3. The number of halogens is 1. The van der Waals surface area contributed by atoms with E-state index in [1.807, 2.05) is 22.6 Å². The Balaban J connectivity index is 2.96. The molecule has 0 bridgehead atoms. The fraction of sp³-hybridized carbons (Fsp3) is 0. The van der Waals surface area contributed by atoms with Gasteiger partial charge in [0, 0.05) is 8.96 Å². The van der Waals surface area contributed by atoms with E-state index in [0.717, 1.165) is 3.57 Å². The molecular formula is C11H7IO4. The summed E-state index contributed by atoms with van der Waals surface area (Å²) in [7, 11) is 0. The average molecular weight is 330 g/mol. The Morgan fingerprint density at radius 3 is 2.56 bits per heavy atom. The molecule has 0 radical (unpaired) electrons. The number of aromatic hydroxyl groups is 2. The lowest BCUT2D eigenvalue weighted by Crippen LogP contribution is -1.98. The highest BCUT2D eigenvalue weighted by molar-refractivity contribution is 14.1. The van der Waals surface area contributed by atoms with Crippen LogP contribution >= 0.6 is 22.6 Å². The highest BCUT2D eigenvalue weighted by Gasteiger charge is 2.19. The molecule has 0 fully saturated rings. The summed E-state index contributed by atoms with van der Waals surface area (Å²) in [6.07, 6.45) is 0. The van der Waals surface area contributed by atoms with Gasteiger partial charge in [0.2, 0.25) is 0 Å². The van der Waals surface area contributed by atoms with Crippen LogP contribution in [0.1, 0.15) is 10.4 Å². The molecule has 5 heteroatoms. The summed E-state index contributed by atoms with van der Waals surface area (Å²) in [5.74, 6) is -2.18. The first kappa shape index (κ1) is 11.0. The van der Waals surface area contributed by atoms with Crippen LogP contribution in [-0.4, -0.2) is 21.3 Å². The minimum atomic E-state index is -1.35. The van der Waals surface area contributed by atoms with Crippen LogP contribution in [0.15, 0.2) is 24.3 Å². The number of aromatic carboxylic acids is 1. The van der Waals surface area contributed by atoms with Crippen LogP contribution in [0.25, 0.3) is 10.8 Å². The average Bonchev–Trinajstić information content (AvgIpc) is 2.15. The molecule has 2 aromatic carbocycles. The predicted octanol–water partition coefficient (Wildman–Crippen LogP) is 2.55. The van der Waals surface area contributed by atoms with Crippen molar-refractivity contribution in [3.05, 3.63) is 33.4 Å². The lowest BCUT2D eigenvalue weighted by atomic mass is 10.0. The smallest absolute Gasteiger partial charge is 0.343 e. The second-order valence-electron chi connectivity index (χ2n) is 3.26. The summed E-state index contributed by atoms with van der Waals surface area (Å²) in [4.78, 5) is 10.9. The van der Waals surface area contributed by atoms with Crippen molar-refractivity contribution < 1.29 is 20.1 Å². The van der Waals surface area contributed by atoms with Crippen LogP contribution in [0.4, 0.5) is 0 Å². The molecule has 0 spiro atoms. The van der Waals surface area contributed by atoms with Gasteiger partial charge in [-0.3, -0.25) is 0 Å². The molecular weight excluding hydrogens is 323 g/mol. The second-order valence-corrected chi connectivity index (χ2v) is 4.42. The Labute approximate surface area is 104 Å². The zero-order valence-electron chi connectivity index (χ0n) is 7.94. The first-order chi connectivity index (χ1) is 7.52. The van der Waals surface area contributed by atoms with E-state index in [1.54, 1.807) is 18.2 Å². The predicted molar refractivity (Wildman–Crippen MR) is 67.0 cm³/mol. The number of fused-ring (bicyclic) bond motifs is 1. The van der Waals surface area contributed by atoms with E-state index < -0.39 is 23.0 Å². The zero-order chi connectivity index (χ0) is 11.9. The van der Waals surface area contributed by atoms with Gasteiger partial charge in [0.05, 0.1) is 0 Å². The van der Waals surface area contributed by atoms with Gasteiger partial charge in [0.15, 0.2) is 0 Å². The van der Waals surface area contributed by atoms with Crippen LogP contribution < -0.4 is 0 Å². The Morgan fingerprint density at radius 1 is 1.25 bits per heavy atom. The lowest BCUT2D eigenvalue weighted by Gasteiger charge is -2.08. The van der Waals surface area contributed by atoms with E-state index in [9.17, 15) is 15.0 Å². The van der Waals surface area contributed by atoms with E-state index in [1.165, 1.54) is 6.07 Å². The summed E-state index contributed by atoms with van der Waals surface area (Å²) in [6, 6.07) is 6.55.